The predicted molar refractivity (Wildman–Crippen MR) is 113 cm³/mol. The summed E-state index contributed by atoms with van der Waals surface area (Å²) in [5.41, 5.74) is 1.36. The van der Waals surface area contributed by atoms with Crippen LogP contribution < -0.4 is 4.74 Å². The highest BCUT2D eigenvalue weighted by Crippen LogP contribution is 2.46. The molecule has 1 fully saturated rings. The first kappa shape index (κ1) is 19.6. The Hall–Kier alpha value is -1.68. The van der Waals surface area contributed by atoms with Gasteiger partial charge >= 0.3 is 0 Å². The number of thiophene rings is 1. The Labute approximate surface area is 171 Å². The van der Waals surface area contributed by atoms with Crippen molar-refractivity contribution < 1.29 is 9.47 Å². The van der Waals surface area contributed by atoms with Gasteiger partial charge in [-0.1, -0.05) is 5.92 Å². The lowest BCUT2D eigenvalue weighted by atomic mass is 9.92. The second-order valence-electron chi connectivity index (χ2n) is 7.99. The van der Waals surface area contributed by atoms with Crippen LogP contribution >= 0.6 is 11.3 Å². The van der Waals surface area contributed by atoms with Gasteiger partial charge in [0.2, 0.25) is 5.88 Å². The molecule has 2 heterocycles. The molecule has 28 heavy (non-hydrogen) atoms. The summed E-state index contributed by atoms with van der Waals surface area (Å²) in [5, 5.41) is 1.13. The molecule has 2 aliphatic rings. The summed E-state index contributed by atoms with van der Waals surface area (Å²) < 4.78 is 12.2. The second kappa shape index (κ2) is 8.77. The van der Waals surface area contributed by atoms with Crippen LogP contribution in [0.15, 0.2) is 6.33 Å². The van der Waals surface area contributed by atoms with Gasteiger partial charge in [-0.05, 0) is 65.1 Å². The van der Waals surface area contributed by atoms with Gasteiger partial charge in [-0.2, -0.15) is 0 Å². The first-order valence-electron chi connectivity index (χ1n) is 10.2. The van der Waals surface area contributed by atoms with Crippen molar-refractivity contribution in [3.05, 3.63) is 16.8 Å². The van der Waals surface area contributed by atoms with Gasteiger partial charge < -0.3 is 14.4 Å². The first-order valence-corrected chi connectivity index (χ1v) is 11.1. The van der Waals surface area contributed by atoms with Crippen molar-refractivity contribution in [2.75, 3.05) is 27.3 Å². The lowest BCUT2D eigenvalue weighted by Gasteiger charge is -2.32. The highest BCUT2D eigenvalue weighted by atomic mass is 32.1. The average Bonchev–Trinajstić information content (AvgIpc) is 3.25. The van der Waals surface area contributed by atoms with Gasteiger partial charge in [-0.25, -0.2) is 9.97 Å². The lowest BCUT2D eigenvalue weighted by molar-refractivity contribution is 0.108. The van der Waals surface area contributed by atoms with Crippen molar-refractivity contribution >= 4 is 21.6 Å². The van der Waals surface area contributed by atoms with Crippen LogP contribution in [0.25, 0.3) is 10.2 Å². The fourth-order valence-electron chi connectivity index (χ4n) is 4.46. The molecule has 4 rings (SSSR count). The molecule has 0 N–H and O–H groups in total. The maximum Gasteiger partial charge on any atom is 0.225 e. The average molecular weight is 400 g/mol. The van der Waals surface area contributed by atoms with Crippen molar-refractivity contribution in [2.45, 2.75) is 63.5 Å². The van der Waals surface area contributed by atoms with E-state index in [1.165, 1.54) is 23.3 Å². The van der Waals surface area contributed by atoms with Crippen LogP contribution in [0, 0.1) is 11.8 Å². The van der Waals surface area contributed by atoms with E-state index >= 15 is 0 Å². The summed E-state index contributed by atoms with van der Waals surface area (Å²) in [4.78, 5) is 13.9. The van der Waals surface area contributed by atoms with E-state index in [4.69, 9.17) is 9.47 Å². The monoisotopic (exact) mass is 399 g/mol. The van der Waals surface area contributed by atoms with Gasteiger partial charge in [-0.15, -0.1) is 17.3 Å². The Bertz CT molecular complexity index is 875. The molecule has 6 heteroatoms. The van der Waals surface area contributed by atoms with Crippen molar-refractivity contribution in [2.24, 2.45) is 0 Å². The Kier molecular flexibility index (Phi) is 6.15. The number of aryl methyl sites for hydroxylation is 1. The third kappa shape index (κ3) is 4.03. The molecule has 2 aromatic heterocycles. The number of fused-ring (bicyclic) bond motifs is 3. The summed E-state index contributed by atoms with van der Waals surface area (Å²) in [6.45, 7) is 3.05. The Balaban J connectivity index is 1.52. The van der Waals surface area contributed by atoms with E-state index < -0.39 is 0 Å². The lowest BCUT2D eigenvalue weighted by Crippen LogP contribution is -2.35. The summed E-state index contributed by atoms with van der Waals surface area (Å²) >= 11 is 1.79. The molecule has 2 aromatic rings. The molecule has 0 saturated heterocycles. The van der Waals surface area contributed by atoms with Crippen molar-refractivity contribution in [3.63, 3.8) is 0 Å². The number of hydrogen-bond donors (Lipinski definition) is 0. The van der Waals surface area contributed by atoms with Crippen LogP contribution in [0.4, 0.5) is 0 Å². The van der Waals surface area contributed by atoms with Crippen LogP contribution in [0.5, 0.6) is 5.88 Å². The summed E-state index contributed by atoms with van der Waals surface area (Å²) in [6, 6.07) is 0.670. The van der Waals surface area contributed by atoms with Gasteiger partial charge in [0.15, 0.2) is 0 Å². The van der Waals surface area contributed by atoms with E-state index in [-0.39, 0.29) is 6.10 Å². The zero-order valence-electron chi connectivity index (χ0n) is 17.0. The van der Waals surface area contributed by atoms with Crippen LogP contribution in [0.2, 0.25) is 0 Å². The SMILES string of the molecule is CC#CCOC[C@H]1CCc2sc3ncnc(O[C@H]4CC[C@H](N(C)C)CC4)c3c21. The van der Waals surface area contributed by atoms with E-state index in [0.717, 1.165) is 41.8 Å². The van der Waals surface area contributed by atoms with Crippen molar-refractivity contribution in [3.8, 4) is 17.7 Å². The zero-order chi connectivity index (χ0) is 19.5. The topological polar surface area (TPSA) is 47.5 Å². The molecule has 0 spiro atoms. The van der Waals surface area contributed by atoms with Crippen molar-refractivity contribution in [1.82, 2.24) is 14.9 Å². The fraction of sp³-hybridized carbons (Fsp3) is 0.636. The van der Waals surface area contributed by atoms with Gasteiger partial charge in [0, 0.05) is 16.8 Å². The summed E-state index contributed by atoms with van der Waals surface area (Å²) in [7, 11) is 4.34. The number of aromatic nitrogens is 2. The molecule has 0 bridgehead atoms. The maximum atomic E-state index is 6.45. The molecule has 0 aliphatic heterocycles. The molecule has 0 unspecified atom stereocenters. The molecule has 1 saturated carbocycles. The minimum atomic E-state index is 0.251. The minimum Gasteiger partial charge on any atom is -0.474 e. The van der Waals surface area contributed by atoms with Crippen molar-refractivity contribution in [1.29, 1.82) is 0 Å². The van der Waals surface area contributed by atoms with E-state index in [1.54, 1.807) is 17.7 Å². The van der Waals surface area contributed by atoms with Gasteiger partial charge in [0.05, 0.1) is 12.0 Å². The van der Waals surface area contributed by atoms with E-state index in [0.29, 0.717) is 25.2 Å². The summed E-state index contributed by atoms with van der Waals surface area (Å²) in [6.07, 6.45) is 8.66. The predicted octanol–water partition coefficient (Wildman–Crippen LogP) is 4.01. The van der Waals surface area contributed by atoms with Crippen LogP contribution in [0.1, 0.15) is 55.4 Å². The molecule has 150 valence electrons. The third-order valence-electron chi connectivity index (χ3n) is 6.02. The fourth-order valence-corrected chi connectivity index (χ4v) is 5.69. The van der Waals surface area contributed by atoms with E-state index in [1.807, 2.05) is 6.92 Å². The molecule has 2 aliphatic carbocycles. The molecule has 1 atom stereocenters. The number of hydrogen-bond acceptors (Lipinski definition) is 6. The summed E-state index contributed by atoms with van der Waals surface area (Å²) in [5.74, 6) is 7.03. The first-order chi connectivity index (χ1) is 13.7. The minimum absolute atomic E-state index is 0.251. The standard InChI is InChI=1S/C22H29N3O2S/c1-4-5-12-26-13-15-6-11-18-19(15)20-21(23-14-24-22(20)28-18)27-17-9-7-16(8-10-17)25(2)3/h14-17H,6-13H2,1-3H3/t15-,16-,17-/m1/s1. The maximum absolute atomic E-state index is 6.45. The van der Waals surface area contributed by atoms with Crippen LogP contribution in [0.3, 0.4) is 0 Å². The quantitative estimate of drug-likeness (QED) is 0.542. The zero-order valence-corrected chi connectivity index (χ0v) is 17.8. The molecule has 0 aromatic carbocycles. The number of nitrogens with zero attached hydrogens (tertiary/aromatic N) is 3. The number of ether oxygens (including phenoxy) is 2. The van der Waals surface area contributed by atoms with Gasteiger partial charge in [-0.3, -0.25) is 0 Å². The van der Waals surface area contributed by atoms with E-state index in [9.17, 15) is 0 Å². The Morgan fingerprint density at radius 1 is 1.18 bits per heavy atom. The highest BCUT2D eigenvalue weighted by Gasteiger charge is 2.31. The molecular formula is C22H29N3O2S. The normalized spacial score (nSPS) is 24.2. The number of rotatable bonds is 6. The third-order valence-corrected chi connectivity index (χ3v) is 7.19. The molecule has 0 amide bonds. The molecule has 5 nitrogen and oxygen atoms in total. The largest absolute Gasteiger partial charge is 0.474 e. The highest BCUT2D eigenvalue weighted by molar-refractivity contribution is 7.19. The smallest absolute Gasteiger partial charge is 0.225 e. The van der Waals surface area contributed by atoms with Crippen LogP contribution in [-0.2, 0) is 11.2 Å². The van der Waals surface area contributed by atoms with Gasteiger partial charge in [0.1, 0.15) is 23.9 Å². The van der Waals surface area contributed by atoms with Gasteiger partial charge in [0.25, 0.3) is 0 Å². The molecule has 0 radical (unpaired) electrons. The molecular weight excluding hydrogens is 370 g/mol. The second-order valence-corrected chi connectivity index (χ2v) is 9.07. The Morgan fingerprint density at radius 2 is 2.00 bits per heavy atom. The van der Waals surface area contributed by atoms with Crippen LogP contribution in [-0.4, -0.2) is 54.3 Å². The Morgan fingerprint density at radius 3 is 2.75 bits per heavy atom. The van der Waals surface area contributed by atoms with E-state index in [2.05, 4.69) is 40.8 Å².